The zero-order chi connectivity index (χ0) is 21.6. The quantitative estimate of drug-likeness (QED) is 0.599. The highest BCUT2D eigenvalue weighted by Gasteiger charge is 2.14. The van der Waals surface area contributed by atoms with Crippen molar-refractivity contribution in [2.45, 2.75) is 0 Å². The van der Waals surface area contributed by atoms with Gasteiger partial charge in [0.1, 0.15) is 11.6 Å². The number of esters is 1. The zero-order valence-corrected chi connectivity index (χ0v) is 16.9. The maximum atomic E-state index is 13.8. The van der Waals surface area contributed by atoms with Crippen LogP contribution in [0.25, 0.3) is 0 Å². The number of ether oxygens (including phenoxy) is 3. The predicted molar refractivity (Wildman–Crippen MR) is 113 cm³/mol. The summed E-state index contributed by atoms with van der Waals surface area (Å²) in [6, 6.07) is 11.8. The maximum absolute atomic E-state index is 13.8. The third-order valence-corrected chi connectivity index (χ3v) is 4.69. The Balaban J connectivity index is 1.43. The van der Waals surface area contributed by atoms with Gasteiger partial charge in [0.15, 0.2) is 5.75 Å². The van der Waals surface area contributed by atoms with E-state index in [0.717, 1.165) is 18.8 Å². The molecule has 0 amide bonds. The minimum Gasteiger partial charge on any atom is -0.465 e. The summed E-state index contributed by atoms with van der Waals surface area (Å²) in [6.07, 6.45) is 3.06. The number of methoxy groups -OCH3 is 1. The van der Waals surface area contributed by atoms with Crippen molar-refractivity contribution in [2.24, 2.45) is 0 Å². The number of nitrogens with one attached hydrogen (secondary N) is 1. The van der Waals surface area contributed by atoms with Crippen LogP contribution in [0.15, 0.2) is 54.9 Å². The molecule has 4 rings (SSSR count). The van der Waals surface area contributed by atoms with Gasteiger partial charge in [-0.2, -0.15) is 0 Å². The van der Waals surface area contributed by atoms with E-state index in [1.807, 2.05) is 24.3 Å². The molecule has 8 nitrogen and oxygen atoms in total. The molecule has 0 spiro atoms. The Hall–Kier alpha value is -3.72. The van der Waals surface area contributed by atoms with E-state index in [0.29, 0.717) is 30.4 Å². The molecule has 31 heavy (non-hydrogen) atoms. The van der Waals surface area contributed by atoms with Crippen LogP contribution in [0.3, 0.4) is 0 Å². The van der Waals surface area contributed by atoms with Crippen molar-refractivity contribution in [3.05, 3.63) is 66.2 Å². The van der Waals surface area contributed by atoms with Gasteiger partial charge >= 0.3 is 5.97 Å². The topological polar surface area (TPSA) is 85.8 Å². The Labute approximate surface area is 178 Å². The van der Waals surface area contributed by atoms with Crippen LogP contribution >= 0.6 is 0 Å². The molecule has 2 heterocycles. The van der Waals surface area contributed by atoms with E-state index in [4.69, 9.17) is 9.47 Å². The number of anilines is 3. The molecule has 1 aliphatic rings. The molecular weight excluding hydrogens is 403 g/mol. The minimum absolute atomic E-state index is 0.174. The van der Waals surface area contributed by atoms with Gasteiger partial charge in [0.2, 0.25) is 5.95 Å². The van der Waals surface area contributed by atoms with Crippen LogP contribution in [-0.2, 0) is 9.47 Å². The molecule has 1 aliphatic heterocycles. The van der Waals surface area contributed by atoms with E-state index in [-0.39, 0.29) is 11.5 Å². The molecule has 1 fully saturated rings. The Kier molecular flexibility index (Phi) is 6.23. The molecule has 9 heteroatoms. The maximum Gasteiger partial charge on any atom is 0.340 e. The Morgan fingerprint density at radius 1 is 1.10 bits per heavy atom. The van der Waals surface area contributed by atoms with E-state index in [1.54, 1.807) is 0 Å². The van der Waals surface area contributed by atoms with Gasteiger partial charge in [0, 0.05) is 30.5 Å². The van der Waals surface area contributed by atoms with E-state index < -0.39 is 11.8 Å². The summed E-state index contributed by atoms with van der Waals surface area (Å²) in [7, 11) is 1.19. The minimum atomic E-state index is -0.759. The average Bonchev–Trinajstić information content (AvgIpc) is 2.82. The summed E-state index contributed by atoms with van der Waals surface area (Å²) in [4.78, 5) is 22.3. The summed E-state index contributed by atoms with van der Waals surface area (Å²) in [5, 5.41) is 2.92. The lowest BCUT2D eigenvalue weighted by Gasteiger charge is -2.29. The van der Waals surface area contributed by atoms with Crippen molar-refractivity contribution < 1.29 is 23.4 Å². The number of aromatic nitrogens is 2. The van der Waals surface area contributed by atoms with Gasteiger partial charge in [0.25, 0.3) is 0 Å². The normalized spacial score (nSPS) is 13.5. The van der Waals surface area contributed by atoms with Crippen LogP contribution in [0.4, 0.5) is 21.7 Å². The van der Waals surface area contributed by atoms with Crippen molar-refractivity contribution in [3.8, 4) is 11.5 Å². The zero-order valence-electron chi connectivity index (χ0n) is 16.9. The standard InChI is InChI=1S/C22H21FN4O4/c1-29-21(28)19-11-15(5-6-20(19)23)26-22-24-13-18(14-25-22)31-17-4-2-3-16(12-17)27-7-9-30-10-8-27/h2-6,11-14H,7-10H2,1H3,(H,24,25,26). The molecule has 0 radical (unpaired) electrons. The van der Waals surface area contributed by atoms with Crippen LogP contribution in [0.2, 0.25) is 0 Å². The summed E-state index contributed by atoms with van der Waals surface area (Å²) >= 11 is 0. The second-order valence-electron chi connectivity index (χ2n) is 6.75. The lowest BCUT2D eigenvalue weighted by atomic mass is 10.2. The molecule has 160 valence electrons. The molecule has 3 aromatic rings. The number of nitrogens with zero attached hydrogens (tertiary/aromatic N) is 3. The highest BCUT2D eigenvalue weighted by atomic mass is 19.1. The Morgan fingerprint density at radius 3 is 2.61 bits per heavy atom. The van der Waals surface area contributed by atoms with Crippen molar-refractivity contribution in [2.75, 3.05) is 43.6 Å². The molecular formula is C22H21FN4O4. The van der Waals surface area contributed by atoms with Gasteiger partial charge in [-0.25, -0.2) is 19.2 Å². The van der Waals surface area contributed by atoms with E-state index in [2.05, 4.69) is 24.9 Å². The Bertz CT molecular complexity index is 1060. The van der Waals surface area contributed by atoms with Crippen molar-refractivity contribution in [1.82, 2.24) is 9.97 Å². The number of morpholine rings is 1. The molecule has 1 N–H and O–H groups in total. The highest BCUT2D eigenvalue weighted by Crippen LogP contribution is 2.26. The van der Waals surface area contributed by atoms with Crippen molar-refractivity contribution in [1.29, 1.82) is 0 Å². The van der Waals surface area contributed by atoms with Gasteiger partial charge in [-0.3, -0.25) is 0 Å². The number of halogens is 1. The van der Waals surface area contributed by atoms with Gasteiger partial charge in [-0.1, -0.05) is 6.07 Å². The highest BCUT2D eigenvalue weighted by molar-refractivity contribution is 5.90. The number of benzene rings is 2. The lowest BCUT2D eigenvalue weighted by Crippen LogP contribution is -2.36. The average molecular weight is 424 g/mol. The molecule has 1 aromatic heterocycles. The van der Waals surface area contributed by atoms with E-state index >= 15 is 0 Å². The number of hydrogen-bond donors (Lipinski definition) is 1. The number of hydrogen-bond acceptors (Lipinski definition) is 8. The van der Waals surface area contributed by atoms with Crippen molar-refractivity contribution >= 4 is 23.3 Å². The first-order valence-electron chi connectivity index (χ1n) is 9.70. The van der Waals surface area contributed by atoms with Gasteiger partial charge in [0.05, 0.1) is 38.3 Å². The van der Waals surface area contributed by atoms with Crippen LogP contribution < -0.4 is 15.0 Å². The van der Waals surface area contributed by atoms with Crippen LogP contribution in [0, 0.1) is 5.82 Å². The summed E-state index contributed by atoms with van der Waals surface area (Å²) in [6.45, 7) is 3.10. The second-order valence-corrected chi connectivity index (χ2v) is 6.75. The molecule has 0 aliphatic carbocycles. The van der Waals surface area contributed by atoms with E-state index in [1.165, 1.54) is 37.7 Å². The third-order valence-electron chi connectivity index (χ3n) is 4.69. The van der Waals surface area contributed by atoms with Crippen LogP contribution in [0.1, 0.15) is 10.4 Å². The van der Waals surface area contributed by atoms with Gasteiger partial charge in [-0.05, 0) is 30.3 Å². The molecule has 0 bridgehead atoms. The van der Waals surface area contributed by atoms with Crippen LogP contribution in [0.5, 0.6) is 11.5 Å². The molecule has 0 atom stereocenters. The lowest BCUT2D eigenvalue weighted by molar-refractivity contribution is 0.0595. The monoisotopic (exact) mass is 424 g/mol. The fraction of sp³-hybridized carbons (Fsp3) is 0.227. The van der Waals surface area contributed by atoms with Crippen LogP contribution in [-0.4, -0.2) is 49.4 Å². The molecule has 1 saturated heterocycles. The Morgan fingerprint density at radius 2 is 1.87 bits per heavy atom. The number of carbonyl (C=O) groups is 1. The summed E-state index contributed by atoms with van der Waals surface area (Å²) in [5.41, 5.74) is 1.35. The number of rotatable bonds is 6. The van der Waals surface area contributed by atoms with E-state index in [9.17, 15) is 9.18 Å². The van der Waals surface area contributed by atoms with Gasteiger partial charge in [-0.15, -0.1) is 0 Å². The molecule has 2 aromatic carbocycles. The number of carbonyl (C=O) groups excluding carboxylic acids is 1. The fourth-order valence-corrected chi connectivity index (χ4v) is 3.13. The third kappa shape index (κ3) is 5.07. The second kappa shape index (κ2) is 9.40. The summed E-state index contributed by atoms with van der Waals surface area (Å²) in [5.74, 6) is -0.00284. The largest absolute Gasteiger partial charge is 0.465 e. The predicted octanol–water partition coefficient (Wildman–Crippen LogP) is 3.77. The summed E-state index contributed by atoms with van der Waals surface area (Å²) < 4.78 is 29.6. The smallest absolute Gasteiger partial charge is 0.340 e. The van der Waals surface area contributed by atoms with Crippen molar-refractivity contribution in [3.63, 3.8) is 0 Å². The SMILES string of the molecule is COC(=O)c1cc(Nc2ncc(Oc3cccc(N4CCOCC4)c3)cn2)ccc1F. The first-order valence-corrected chi connectivity index (χ1v) is 9.70. The first-order chi connectivity index (χ1) is 15.1. The first kappa shape index (κ1) is 20.5. The molecule has 0 saturated carbocycles. The van der Waals surface area contributed by atoms with Gasteiger partial charge < -0.3 is 24.4 Å². The fourth-order valence-electron chi connectivity index (χ4n) is 3.13. The molecule has 0 unspecified atom stereocenters.